The summed E-state index contributed by atoms with van der Waals surface area (Å²) < 4.78 is 5.33. The monoisotopic (exact) mass is 407 g/mol. The lowest BCUT2D eigenvalue weighted by Gasteiger charge is -2.11. The van der Waals surface area contributed by atoms with Crippen molar-refractivity contribution in [2.75, 3.05) is 5.32 Å². The van der Waals surface area contributed by atoms with Crippen LogP contribution in [0, 0.1) is 0 Å². The van der Waals surface area contributed by atoms with Crippen molar-refractivity contribution < 1.29 is 14.3 Å². The van der Waals surface area contributed by atoms with Crippen LogP contribution in [-0.4, -0.2) is 11.0 Å². The van der Waals surface area contributed by atoms with Crippen molar-refractivity contribution >= 4 is 33.3 Å². The summed E-state index contributed by atoms with van der Waals surface area (Å²) in [6.07, 6.45) is 0. The molecule has 0 saturated heterocycles. The quantitative estimate of drug-likeness (QED) is 0.383. The first-order valence-corrected chi connectivity index (χ1v) is 9.76. The average molecular weight is 407 g/mol. The molecule has 1 aromatic heterocycles. The minimum Gasteiger partial charge on any atom is -0.506 e. The fraction of sp³-hybridized carbons (Fsp3) is 0. The van der Waals surface area contributed by atoms with Crippen molar-refractivity contribution in [3.63, 3.8) is 0 Å². The van der Waals surface area contributed by atoms with E-state index in [9.17, 15) is 14.7 Å². The molecule has 0 saturated carbocycles. The second-order valence-corrected chi connectivity index (χ2v) is 7.17. The van der Waals surface area contributed by atoms with Gasteiger partial charge in [-0.15, -0.1) is 0 Å². The molecule has 5 heteroatoms. The molecule has 0 aliphatic heterocycles. The predicted octanol–water partition coefficient (Wildman–Crippen LogP) is 5.57. The molecular weight excluding hydrogens is 390 g/mol. The number of anilines is 1. The van der Waals surface area contributed by atoms with E-state index < -0.39 is 22.8 Å². The van der Waals surface area contributed by atoms with Gasteiger partial charge in [0.1, 0.15) is 11.3 Å². The van der Waals surface area contributed by atoms with Crippen LogP contribution < -0.4 is 10.9 Å². The summed E-state index contributed by atoms with van der Waals surface area (Å²) in [4.78, 5) is 25.5. The molecule has 0 fully saturated rings. The van der Waals surface area contributed by atoms with Crippen LogP contribution in [-0.2, 0) is 0 Å². The zero-order chi connectivity index (χ0) is 21.4. The van der Waals surface area contributed by atoms with Crippen molar-refractivity contribution in [2.45, 2.75) is 0 Å². The molecule has 0 aliphatic carbocycles. The maximum atomic E-state index is 13.0. The Hall–Kier alpha value is -4.38. The lowest BCUT2D eigenvalue weighted by Crippen LogP contribution is -2.21. The Labute approximate surface area is 177 Å². The number of benzene rings is 4. The van der Waals surface area contributed by atoms with Gasteiger partial charge in [-0.25, -0.2) is 4.79 Å². The predicted molar refractivity (Wildman–Crippen MR) is 121 cm³/mol. The lowest BCUT2D eigenvalue weighted by molar-refractivity contribution is 0.102. The topological polar surface area (TPSA) is 79.5 Å². The highest BCUT2D eigenvalue weighted by atomic mass is 16.4. The Kier molecular flexibility index (Phi) is 4.49. The molecule has 1 amide bonds. The lowest BCUT2D eigenvalue weighted by atomic mass is 10.0. The van der Waals surface area contributed by atoms with Gasteiger partial charge in [0.15, 0.2) is 5.56 Å². The molecule has 0 spiro atoms. The first-order chi connectivity index (χ1) is 15.1. The van der Waals surface area contributed by atoms with Crippen molar-refractivity contribution in [1.82, 2.24) is 0 Å². The van der Waals surface area contributed by atoms with Crippen LogP contribution in [0.4, 0.5) is 5.69 Å². The second kappa shape index (κ2) is 7.46. The minimum absolute atomic E-state index is 0.212. The van der Waals surface area contributed by atoms with Crippen molar-refractivity contribution in [3.05, 3.63) is 107 Å². The Morgan fingerprint density at radius 2 is 1.52 bits per heavy atom. The highest BCUT2D eigenvalue weighted by molar-refractivity contribution is 6.12. The van der Waals surface area contributed by atoms with Crippen LogP contribution >= 0.6 is 0 Å². The van der Waals surface area contributed by atoms with E-state index in [-0.39, 0.29) is 5.58 Å². The Bertz CT molecular complexity index is 1500. The van der Waals surface area contributed by atoms with Gasteiger partial charge in [0.25, 0.3) is 5.91 Å². The van der Waals surface area contributed by atoms with Crippen molar-refractivity contribution in [2.24, 2.45) is 0 Å². The molecule has 5 rings (SSSR count). The van der Waals surface area contributed by atoms with Gasteiger partial charge in [0, 0.05) is 11.1 Å². The smallest absolute Gasteiger partial charge is 0.353 e. The third-order valence-corrected chi connectivity index (χ3v) is 5.25. The standard InChI is InChI=1S/C26H17NO4/c28-24-20-15-18(16-7-2-1-3-8-16)13-14-22(20)31-26(30)23(24)25(29)27-21-12-6-10-17-9-4-5-11-19(17)21/h1-15,28H,(H,27,29). The largest absolute Gasteiger partial charge is 0.506 e. The molecule has 5 nitrogen and oxygen atoms in total. The van der Waals surface area contributed by atoms with Crippen LogP contribution in [0.5, 0.6) is 5.75 Å². The van der Waals surface area contributed by atoms with Crippen LogP contribution in [0.25, 0.3) is 32.9 Å². The molecule has 150 valence electrons. The average Bonchev–Trinajstić information content (AvgIpc) is 2.80. The van der Waals surface area contributed by atoms with Crippen LogP contribution in [0.15, 0.2) is 100 Å². The Balaban J connectivity index is 1.60. The van der Waals surface area contributed by atoms with Crippen molar-refractivity contribution in [1.29, 1.82) is 0 Å². The minimum atomic E-state index is -0.893. The first kappa shape index (κ1) is 18.6. The van der Waals surface area contributed by atoms with E-state index >= 15 is 0 Å². The summed E-state index contributed by atoms with van der Waals surface area (Å²) in [7, 11) is 0. The number of hydrogen-bond donors (Lipinski definition) is 2. The number of rotatable bonds is 3. The van der Waals surface area contributed by atoms with Gasteiger partial charge in [0.05, 0.1) is 5.39 Å². The van der Waals surface area contributed by atoms with E-state index in [0.717, 1.165) is 21.9 Å². The van der Waals surface area contributed by atoms with Crippen LogP contribution in [0.1, 0.15) is 10.4 Å². The molecule has 0 atom stereocenters. The third kappa shape index (κ3) is 3.32. The van der Waals surface area contributed by atoms with Gasteiger partial charge in [-0.2, -0.15) is 0 Å². The number of carbonyl (C=O) groups is 1. The van der Waals surface area contributed by atoms with E-state index in [2.05, 4.69) is 5.32 Å². The number of fused-ring (bicyclic) bond motifs is 2. The highest BCUT2D eigenvalue weighted by Crippen LogP contribution is 2.32. The van der Waals surface area contributed by atoms with Gasteiger partial charge in [-0.3, -0.25) is 4.79 Å². The van der Waals surface area contributed by atoms with Gasteiger partial charge in [-0.1, -0.05) is 72.8 Å². The van der Waals surface area contributed by atoms with E-state index in [4.69, 9.17) is 4.42 Å². The van der Waals surface area contributed by atoms with Gasteiger partial charge in [-0.05, 0) is 34.7 Å². The van der Waals surface area contributed by atoms with E-state index in [1.807, 2.05) is 66.7 Å². The normalized spacial score (nSPS) is 11.0. The molecule has 0 bridgehead atoms. The fourth-order valence-electron chi connectivity index (χ4n) is 3.72. The summed E-state index contributed by atoms with van der Waals surface area (Å²) in [5.74, 6) is -1.13. The highest BCUT2D eigenvalue weighted by Gasteiger charge is 2.22. The number of nitrogens with one attached hydrogen (secondary N) is 1. The Morgan fingerprint density at radius 1 is 0.774 bits per heavy atom. The number of carbonyl (C=O) groups excluding carboxylic acids is 1. The summed E-state index contributed by atoms with van der Waals surface area (Å²) in [6.45, 7) is 0. The molecule has 1 heterocycles. The molecule has 0 radical (unpaired) electrons. The molecular formula is C26H17NO4. The first-order valence-electron chi connectivity index (χ1n) is 9.76. The maximum absolute atomic E-state index is 13.0. The number of aromatic hydroxyl groups is 1. The van der Waals surface area contributed by atoms with Crippen LogP contribution in [0.3, 0.4) is 0 Å². The Morgan fingerprint density at radius 3 is 2.35 bits per heavy atom. The summed E-state index contributed by atoms with van der Waals surface area (Å²) in [5, 5.41) is 15.6. The van der Waals surface area contributed by atoms with Gasteiger partial charge < -0.3 is 14.8 Å². The molecule has 0 unspecified atom stereocenters. The van der Waals surface area contributed by atoms with Gasteiger partial charge in [0.2, 0.25) is 0 Å². The fourth-order valence-corrected chi connectivity index (χ4v) is 3.72. The summed E-state index contributed by atoms with van der Waals surface area (Å²) in [5.41, 5.74) is 1.21. The maximum Gasteiger partial charge on any atom is 0.353 e. The van der Waals surface area contributed by atoms with Crippen molar-refractivity contribution in [3.8, 4) is 16.9 Å². The zero-order valence-corrected chi connectivity index (χ0v) is 16.3. The number of hydrogen-bond acceptors (Lipinski definition) is 4. The summed E-state index contributed by atoms with van der Waals surface area (Å²) >= 11 is 0. The van der Waals surface area contributed by atoms with E-state index in [0.29, 0.717) is 11.1 Å². The van der Waals surface area contributed by atoms with E-state index in [1.165, 1.54) is 0 Å². The molecule has 4 aromatic carbocycles. The van der Waals surface area contributed by atoms with Crippen LogP contribution in [0.2, 0.25) is 0 Å². The summed E-state index contributed by atoms with van der Waals surface area (Å²) in [6, 6.07) is 27.8. The second-order valence-electron chi connectivity index (χ2n) is 7.17. The SMILES string of the molecule is O=C(Nc1cccc2ccccc12)c1c(O)c2cc(-c3ccccc3)ccc2oc1=O. The number of amides is 1. The molecule has 31 heavy (non-hydrogen) atoms. The molecule has 2 N–H and O–H groups in total. The van der Waals surface area contributed by atoms with E-state index in [1.54, 1.807) is 24.3 Å². The molecule has 0 aliphatic rings. The van der Waals surface area contributed by atoms with Gasteiger partial charge >= 0.3 is 5.63 Å². The zero-order valence-electron chi connectivity index (χ0n) is 16.3. The molecule has 5 aromatic rings. The third-order valence-electron chi connectivity index (χ3n) is 5.25.